The molecule has 0 saturated heterocycles. The molecule has 0 fully saturated rings. The zero-order valence-corrected chi connectivity index (χ0v) is 16.7. The zero-order valence-electron chi connectivity index (χ0n) is 16.7. The van der Waals surface area contributed by atoms with Gasteiger partial charge in [0.2, 0.25) is 0 Å². The van der Waals surface area contributed by atoms with Gasteiger partial charge in [-0.15, -0.1) is 0 Å². The summed E-state index contributed by atoms with van der Waals surface area (Å²) >= 11 is 0. The van der Waals surface area contributed by atoms with Crippen LogP contribution in [0.4, 0.5) is 11.4 Å². The third-order valence-electron chi connectivity index (χ3n) is 5.02. The maximum atomic E-state index is 13.3. The number of hydrogen-bond acceptors (Lipinski definition) is 6. The van der Waals surface area contributed by atoms with Crippen molar-refractivity contribution in [2.75, 3.05) is 24.9 Å². The number of benzene rings is 2. The largest absolute Gasteiger partial charge is 0.362 e. The van der Waals surface area contributed by atoms with Gasteiger partial charge in [0.25, 0.3) is 0 Å². The van der Waals surface area contributed by atoms with Crippen molar-refractivity contribution in [2.24, 2.45) is 0 Å². The lowest BCUT2D eigenvalue weighted by molar-refractivity contribution is 0.0977. The molecular formula is C22H26N2O4. The summed E-state index contributed by atoms with van der Waals surface area (Å²) in [5, 5.41) is 6.44. The van der Waals surface area contributed by atoms with Gasteiger partial charge in [-0.2, -0.15) is 0 Å². The Balaban J connectivity index is 2.08. The number of ether oxygens (including phenoxy) is 2. The highest BCUT2D eigenvalue weighted by atomic mass is 16.5. The molecule has 148 valence electrons. The van der Waals surface area contributed by atoms with Crippen molar-refractivity contribution in [3.05, 3.63) is 58.7 Å². The van der Waals surface area contributed by atoms with Crippen molar-refractivity contribution in [3.8, 4) is 0 Å². The van der Waals surface area contributed by atoms with Gasteiger partial charge in [0.15, 0.2) is 11.6 Å². The van der Waals surface area contributed by atoms with Crippen molar-refractivity contribution in [1.82, 2.24) is 0 Å². The van der Waals surface area contributed by atoms with Crippen LogP contribution in [0.2, 0.25) is 0 Å². The molecule has 0 bridgehead atoms. The molecule has 0 saturated carbocycles. The van der Waals surface area contributed by atoms with Crippen LogP contribution in [0.5, 0.6) is 0 Å². The van der Waals surface area contributed by atoms with E-state index in [0.717, 1.165) is 12.8 Å². The number of hydrogen-bond donors (Lipinski definition) is 2. The summed E-state index contributed by atoms with van der Waals surface area (Å²) in [7, 11) is 3.22. The number of carbonyl (C=O) groups is 2. The highest BCUT2D eigenvalue weighted by Gasteiger charge is 2.34. The van der Waals surface area contributed by atoms with Crippen LogP contribution in [-0.2, 0) is 9.47 Å². The Labute approximate surface area is 165 Å². The van der Waals surface area contributed by atoms with Crippen molar-refractivity contribution >= 4 is 22.9 Å². The van der Waals surface area contributed by atoms with E-state index in [2.05, 4.69) is 10.6 Å². The zero-order chi connectivity index (χ0) is 20.3. The molecule has 0 spiro atoms. The smallest absolute Gasteiger partial charge is 0.196 e. The molecule has 0 amide bonds. The molecule has 0 radical (unpaired) electrons. The fourth-order valence-electron chi connectivity index (χ4n) is 3.48. The molecule has 0 aromatic heterocycles. The monoisotopic (exact) mass is 382 g/mol. The average molecular weight is 382 g/mol. The number of ketones is 2. The van der Waals surface area contributed by atoms with Crippen molar-refractivity contribution in [2.45, 2.75) is 39.1 Å². The summed E-state index contributed by atoms with van der Waals surface area (Å²) in [6, 6.07) is 10.6. The van der Waals surface area contributed by atoms with Crippen LogP contribution in [-0.4, -0.2) is 38.2 Å². The number of nitrogens with one attached hydrogen (secondary N) is 2. The lowest BCUT2D eigenvalue weighted by Crippen LogP contribution is -2.28. The minimum absolute atomic E-state index is 0.173. The molecule has 1 aliphatic rings. The van der Waals surface area contributed by atoms with Gasteiger partial charge in [0.1, 0.15) is 12.5 Å². The number of carbonyl (C=O) groups excluding carboxylic acids is 2. The Kier molecular flexibility index (Phi) is 6.11. The van der Waals surface area contributed by atoms with Crippen LogP contribution in [0.15, 0.2) is 36.4 Å². The van der Waals surface area contributed by atoms with Crippen LogP contribution in [0.1, 0.15) is 58.5 Å². The molecule has 3 rings (SSSR count). The average Bonchev–Trinajstić information content (AvgIpc) is 2.73. The van der Waals surface area contributed by atoms with Crippen LogP contribution >= 0.6 is 0 Å². The van der Waals surface area contributed by atoms with Crippen LogP contribution in [0.25, 0.3) is 0 Å². The standard InChI is InChI=1S/C22H26N2O4/c1-5-17(27-3)23-15-11-7-9-13-19(15)21(25)14-10-8-12-16(20(14)22(13)26)24-18(6-2)28-4/h7-12,17-18,23-24H,5-6H2,1-4H3. The summed E-state index contributed by atoms with van der Waals surface area (Å²) in [5.74, 6) is -0.347. The first-order valence-electron chi connectivity index (χ1n) is 9.49. The molecule has 2 aromatic carbocycles. The molecule has 1 aliphatic carbocycles. The second-order valence-electron chi connectivity index (χ2n) is 6.67. The third kappa shape index (κ3) is 3.53. The van der Waals surface area contributed by atoms with E-state index in [0.29, 0.717) is 33.6 Å². The second kappa shape index (κ2) is 8.54. The molecule has 2 aromatic rings. The summed E-state index contributed by atoms with van der Waals surface area (Å²) in [6.45, 7) is 3.97. The van der Waals surface area contributed by atoms with Gasteiger partial charge in [0, 0.05) is 36.7 Å². The fourth-order valence-corrected chi connectivity index (χ4v) is 3.48. The van der Waals surface area contributed by atoms with Crippen LogP contribution in [0, 0.1) is 0 Å². The molecule has 2 unspecified atom stereocenters. The van der Waals surface area contributed by atoms with Crippen molar-refractivity contribution in [3.63, 3.8) is 0 Å². The van der Waals surface area contributed by atoms with E-state index >= 15 is 0 Å². The van der Waals surface area contributed by atoms with Gasteiger partial charge in [-0.25, -0.2) is 0 Å². The van der Waals surface area contributed by atoms with E-state index in [1.54, 1.807) is 50.6 Å². The van der Waals surface area contributed by atoms with E-state index in [4.69, 9.17) is 9.47 Å². The number of fused-ring (bicyclic) bond motifs is 2. The number of anilines is 2. The molecule has 0 heterocycles. The second-order valence-corrected chi connectivity index (χ2v) is 6.67. The quantitative estimate of drug-likeness (QED) is 0.573. The van der Waals surface area contributed by atoms with Gasteiger partial charge in [-0.3, -0.25) is 9.59 Å². The predicted octanol–water partition coefficient (Wildman–Crippen LogP) is 4.05. The van der Waals surface area contributed by atoms with E-state index in [-0.39, 0.29) is 24.0 Å². The van der Waals surface area contributed by atoms with E-state index in [9.17, 15) is 9.59 Å². The summed E-state index contributed by atoms with van der Waals surface area (Å²) in [4.78, 5) is 26.6. The highest BCUT2D eigenvalue weighted by Crippen LogP contribution is 2.36. The SMILES string of the molecule is CCC(Nc1cccc2c1C(=O)c1cccc(NC(CC)OC)c1C2=O)OC. The Hall–Kier alpha value is -2.70. The molecular weight excluding hydrogens is 356 g/mol. The van der Waals surface area contributed by atoms with Gasteiger partial charge in [0.05, 0.1) is 11.1 Å². The summed E-state index contributed by atoms with van der Waals surface area (Å²) < 4.78 is 10.8. The first-order valence-corrected chi connectivity index (χ1v) is 9.49. The Morgan fingerprint density at radius 2 is 1.14 bits per heavy atom. The molecule has 6 nitrogen and oxygen atoms in total. The first-order chi connectivity index (χ1) is 13.5. The van der Waals surface area contributed by atoms with Gasteiger partial charge in [-0.1, -0.05) is 38.1 Å². The Bertz CT molecular complexity index is 813. The highest BCUT2D eigenvalue weighted by molar-refractivity contribution is 6.31. The van der Waals surface area contributed by atoms with Gasteiger partial charge >= 0.3 is 0 Å². The molecule has 6 heteroatoms. The summed E-state index contributed by atoms with van der Waals surface area (Å²) in [6.07, 6.45) is 0.969. The minimum Gasteiger partial charge on any atom is -0.362 e. The van der Waals surface area contributed by atoms with Crippen LogP contribution < -0.4 is 10.6 Å². The van der Waals surface area contributed by atoms with E-state index in [1.165, 1.54) is 0 Å². The lowest BCUT2D eigenvalue weighted by Gasteiger charge is -2.26. The minimum atomic E-state index is -0.240. The van der Waals surface area contributed by atoms with Crippen molar-refractivity contribution in [1.29, 1.82) is 0 Å². The predicted molar refractivity (Wildman–Crippen MR) is 109 cm³/mol. The first kappa shape index (κ1) is 20.0. The molecule has 2 N–H and O–H groups in total. The van der Waals surface area contributed by atoms with Crippen molar-refractivity contribution < 1.29 is 19.1 Å². The Morgan fingerprint density at radius 3 is 1.46 bits per heavy atom. The third-order valence-corrected chi connectivity index (χ3v) is 5.02. The van der Waals surface area contributed by atoms with Gasteiger partial charge < -0.3 is 20.1 Å². The maximum absolute atomic E-state index is 13.3. The number of methoxy groups -OCH3 is 2. The van der Waals surface area contributed by atoms with E-state index < -0.39 is 0 Å². The molecule has 2 atom stereocenters. The normalized spacial score (nSPS) is 14.9. The number of rotatable bonds is 8. The van der Waals surface area contributed by atoms with Gasteiger partial charge in [-0.05, 0) is 25.0 Å². The maximum Gasteiger partial charge on any atom is 0.196 e. The molecule has 28 heavy (non-hydrogen) atoms. The lowest BCUT2D eigenvalue weighted by atomic mass is 9.82. The summed E-state index contributed by atoms with van der Waals surface area (Å²) in [5.41, 5.74) is 2.80. The molecule has 0 aliphatic heterocycles. The van der Waals surface area contributed by atoms with E-state index in [1.807, 2.05) is 13.8 Å². The Morgan fingerprint density at radius 1 is 0.750 bits per heavy atom. The fraction of sp³-hybridized carbons (Fsp3) is 0.364. The van der Waals surface area contributed by atoms with Crippen LogP contribution in [0.3, 0.4) is 0 Å². The topological polar surface area (TPSA) is 76.7 Å².